The Morgan fingerprint density at radius 2 is 2.10 bits per heavy atom. The Labute approximate surface area is 174 Å². The lowest BCUT2D eigenvalue weighted by Gasteiger charge is -2.35. The van der Waals surface area contributed by atoms with Crippen molar-refractivity contribution < 1.29 is 13.4 Å². The lowest BCUT2D eigenvalue weighted by atomic mass is 9.99. The molecule has 0 spiro atoms. The highest BCUT2D eigenvalue weighted by atomic mass is 35.5. The first kappa shape index (κ1) is 20.0. The minimum Gasteiger partial charge on any atom is -0.334 e. The van der Waals surface area contributed by atoms with Crippen molar-refractivity contribution in [3.8, 4) is 0 Å². The molecule has 0 saturated carbocycles. The van der Waals surface area contributed by atoms with Crippen molar-refractivity contribution in [2.75, 3.05) is 12.4 Å². The zero-order valence-electron chi connectivity index (χ0n) is 15.7. The lowest BCUT2D eigenvalue weighted by molar-refractivity contribution is -0.120. The second kappa shape index (κ2) is 7.83. The summed E-state index contributed by atoms with van der Waals surface area (Å²) < 4.78 is 32.3. The van der Waals surface area contributed by atoms with Crippen LogP contribution in [0.4, 0.5) is 10.1 Å². The van der Waals surface area contributed by atoms with Gasteiger partial charge in [0.05, 0.1) is 22.4 Å². The molecule has 1 fully saturated rings. The van der Waals surface area contributed by atoms with E-state index >= 15 is 0 Å². The summed E-state index contributed by atoms with van der Waals surface area (Å²) in [7, 11) is 3.53. The van der Waals surface area contributed by atoms with Gasteiger partial charge in [0.15, 0.2) is 11.2 Å². The normalized spacial score (nSPS) is 22.7. The fraction of sp³-hybridized carbons (Fsp3) is 0.263. The smallest absolute Gasteiger partial charge is 0.242 e. The second-order valence-corrected chi connectivity index (χ2v) is 8.66. The maximum Gasteiger partial charge on any atom is 0.242 e. The van der Waals surface area contributed by atoms with Gasteiger partial charge in [-0.3, -0.25) is 4.79 Å². The first-order valence-electron chi connectivity index (χ1n) is 8.91. The van der Waals surface area contributed by atoms with Crippen LogP contribution < -0.4 is 10.0 Å². The number of aryl methyl sites for hydroxylation is 1. The van der Waals surface area contributed by atoms with Crippen LogP contribution in [0.2, 0.25) is 5.02 Å². The molecule has 3 atom stereocenters. The molecule has 152 valence electrons. The van der Waals surface area contributed by atoms with Gasteiger partial charge in [0, 0.05) is 25.8 Å². The molecule has 3 unspecified atom stereocenters. The molecule has 1 aliphatic rings. The Kier molecular flexibility index (Phi) is 5.39. The highest BCUT2D eigenvalue weighted by Gasteiger charge is 2.36. The van der Waals surface area contributed by atoms with Gasteiger partial charge in [0.25, 0.3) is 0 Å². The Morgan fingerprint density at radius 1 is 1.31 bits per heavy atom. The molecule has 2 aromatic carbocycles. The molecule has 2 N–H and O–H groups in total. The van der Waals surface area contributed by atoms with Crippen LogP contribution in [-0.2, 0) is 23.0 Å². The summed E-state index contributed by atoms with van der Waals surface area (Å²) in [6.07, 6.45) is 2.14. The summed E-state index contributed by atoms with van der Waals surface area (Å²) in [6, 6.07) is 8.87. The Hall–Kier alpha value is -2.33. The van der Waals surface area contributed by atoms with Crippen molar-refractivity contribution in [1.82, 2.24) is 18.6 Å². The Morgan fingerprint density at radius 3 is 2.86 bits per heavy atom. The number of nitrogens with one attached hydrogen (secondary N) is 2. The van der Waals surface area contributed by atoms with Crippen LogP contribution in [0.1, 0.15) is 18.0 Å². The van der Waals surface area contributed by atoms with Crippen LogP contribution in [0.5, 0.6) is 0 Å². The van der Waals surface area contributed by atoms with E-state index in [4.69, 9.17) is 11.6 Å². The number of carbonyl (C=O) groups excluding carboxylic acids is 1. The van der Waals surface area contributed by atoms with Gasteiger partial charge in [-0.25, -0.2) is 22.6 Å². The zero-order valence-corrected chi connectivity index (χ0v) is 17.3. The van der Waals surface area contributed by atoms with Gasteiger partial charge in [0.1, 0.15) is 11.9 Å². The predicted molar refractivity (Wildman–Crippen MR) is 111 cm³/mol. The third-order valence-electron chi connectivity index (χ3n) is 5.04. The monoisotopic (exact) mass is 435 g/mol. The van der Waals surface area contributed by atoms with E-state index in [9.17, 15) is 13.4 Å². The van der Waals surface area contributed by atoms with E-state index in [1.54, 1.807) is 13.4 Å². The Balaban J connectivity index is 1.56. The molecular weight excluding hydrogens is 417 g/mol. The summed E-state index contributed by atoms with van der Waals surface area (Å²) in [6.45, 7) is 0. The minimum absolute atomic E-state index is 0.0772. The highest BCUT2D eigenvalue weighted by molar-refractivity contribution is 7.80. The molecule has 2 heterocycles. The molecule has 10 heteroatoms. The molecule has 0 aliphatic carbocycles. The maximum atomic E-state index is 13.3. The average Bonchev–Trinajstić information content (AvgIpc) is 3.07. The largest absolute Gasteiger partial charge is 0.334 e. The quantitative estimate of drug-likeness (QED) is 0.664. The zero-order chi connectivity index (χ0) is 20.7. The van der Waals surface area contributed by atoms with Crippen molar-refractivity contribution in [3.05, 3.63) is 59.1 Å². The van der Waals surface area contributed by atoms with Crippen LogP contribution in [0, 0.1) is 5.82 Å². The fourth-order valence-electron chi connectivity index (χ4n) is 3.39. The first-order chi connectivity index (χ1) is 13.8. The van der Waals surface area contributed by atoms with Crippen molar-refractivity contribution in [3.63, 3.8) is 0 Å². The molecule has 1 aromatic heterocycles. The average molecular weight is 436 g/mol. The van der Waals surface area contributed by atoms with Gasteiger partial charge in [-0.05, 0) is 42.3 Å². The molecular formula is C19H19ClFN5O2S. The molecule has 7 nitrogen and oxygen atoms in total. The number of rotatable bonds is 3. The van der Waals surface area contributed by atoms with E-state index in [-0.39, 0.29) is 17.0 Å². The number of hydrogen-bond donors (Lipinski definition) is 2. The van der Waals surface area contributed by atoms with E-state index < -0.39 is 23.0 Å². The topological polar surface area (TPSA) is 79.3 Å². The SMILES string of the molecule is CN1C(C(=O)Nc2ccc(F)c(Cl)c2)CC(c2ccc3c(c2)ncn3C)NS1=O. The van der Waals surface area contributed by atoms with Crippen LogP contribution in [0.25, 0.3) is 11.0 Å². The fourth-order valence-corrected chi connectivity index (χ4v) is 4.62. The van der Waals surface area contributed by atoms with E-state index in [0.29, 0.717) is 12.1 Å². The highest BCUT2D eigenvalue weighted by Crippen LogP contribution is 2.29. The van der Waals surface area contributed by atoms with Gasteiger partial charge in [-0.15, -0.1) is 0 Å². The number of anilines is 1. The molecule has 3 aromatic rings. The Bertz CT molecular complexity index is 1120. The van der Waals surface area contributed by atoms with Crippen molar-refractivity contribution in [1.29, 1.82) is 0 Å². The van der Waals surface area contributed by atoms with Gasteiger partial charge < -0.3 is 9.88 Å². The predicted octanol–water partition coefficient (Wildman–Crippen LogP) is 2.92. The summed E-state index contributed by atoms with van der Waals surface area (Å²) in [5.74, 6) is -0.899. The summed E-state index contributed by atoms with van der Waals surface area (Å²) in [5.41, 5.74) is 3.11. The van der Waals surface area contributed by atoms with Crippen LogP contribution in [0.15, 0.2) is 42.7 Å². The van der Waals surface area contributed by atoms with E-state index in [1.165, 1.54) is 22.5 Å². The maximum absolute atomic E-state index is 13.3. The standard InChI is InChI=1S/C19H19ClFN5O2S/c1-25-10-22-16-7-11(3-6-17(16)25)15-9-18(26(2)29(28)24-15)19(27)23-12-4-5-14(21)13(20)8-12/h3-8,10,15,18,24H,9H2,1-2H3,(H,23,27). The number of nitrogens with zero attached hydrogens (tertiary/aromatic N) is 3. The summed E-state index contributed by atoms with van der Waals surface area (Å²) in [4.78, 5) is 17.2. The summed E-state index contributed by atoms with van der Waals surface area (Å²) >= 11 is 4.23. The second-order valence-electron chi connectivity index (χ2n) is 6.94. The van der Waals surface area contributed by atoms with E-state index in [1.807, 2.05) is 29.8 Å². The number of benzene rings is 2. The number of halogens is 2. The molecule has 1 amide bonds. The molecule has 1 aliphatic heterocycles. The molecule has 29 heavy (non-hydrogen) atoms. The number of fused-ring (bicyclic) bond motifs is 1. The van der Waals surface area contributed by atoms with Crippen molar-refractivity contribution in [2.45, 2.75) is 18.5 Å². The molecule has 0 radical (unpaired) electrons. The molecule has 1 saturated heterocycles. The first-order valence-corrected chi connectivity index (χ1v) is 10.4. The van der Waals surface area contributed by atoms with E-state index in [0.717, 1.165) is 16.6 Å². The van der Waals surface area contributed by atoms with Crippen LogP contribution in [0.3, 0.4) is 0 Å². The van der Waals surface area contributed by atoms with Gasteiger partial charge in [-0.1, -0.05) is 17.7 Å². The van der Waals surface area contributed by atoms with Crippen LogP contribution in [-0.4, -0.2) is 37.1 Å². The number of aromatic nitrogens is 2. The number of imidazole rings is 1. The van der Waals surface area contributed by atoms with Crippen LogP contribution >= 0.6 is 11.6 Å². The minimum atomic E-state index is -1.55. The van der Waals surface area contributed by atoms with Gasteiger partial charge in [-0.2, -0.15) is 0 Å². The third-order valence-corrected chi connectivity index (χ3v) is 6.60. The number of hydrogen-bond acceptors (Lipinski definition) is 3. The summed E-state index contributed by atoms with van der Waals surface area (Å²) in [5, 5.41) is 2.65. The number of carbonyl (C=O) groups is 1. The lowest BCUT2D eigenvalue weighted by Crippen LogP contribution is -2.53. The van der Waals surface area contributed by atoms with Gasteiger partial charge >= 0.3 is 0 Å². The third kappa shape index (κ3) is 3.91. The van der Waals surface area contributed by atoms with E-state index in [2.05, 4.69) is 15.0 Å². The van der Waals surface area contributed by atoms with Crippen molar-refractivity contribution >= 4 is 45.4 Å². The molecule has 4 rings (SSSR count). The van der Waals surface area contributed by atoms with Crippen molar-refractivity contribution in [2.24, 2.45) is 7.05 Å². The molecule has 0 bridgehead atoms. The van der Waals surface area contributed by atoms with Gasteiger partial charge in [0.2, 0.25) is 5.91 Å². The number of amides is 1. The number of likely N-dealkylation sites (N-methyl/N-ethyl adjacent to an activating group) is 1.